The summed E-state index contributed by atoms with van der Waals surface area (Å²) in [5, 5.41) is 3.95. The fourth-order valence-corrected chi connectivity index (χ4v) is 2.94. The molecule has 0 spiro atoms. The van der Waals surface area contributed by atoms with Gasteiger partial charge in [-0.05, 0) is 39.5 Å². The number of hydrogen-bond donors (Lipinski definition) is 2. The summed E-state index contributed by atoms with van der Waals surface area (Å²) in [6.07, 6.45) is 2.33. The van der Waals surface area contributed by atoms with E-state index >= 15 is 0 Å². The lowest BCUT2D eigenvalue weighted by Crippen LogP contribution is -2.26. The van der Waals surface area contributed by atoms with Crippen molar-refractivity contribution in [2.24, 2.45) is 0 Å². The zero-order valence-corrected chi connectivity index (χ0v) is 14.1. The summed E-state index contributed by atoms with van der Waals surface area (Å²) >= 11 is 3.52. The van der Waals surface area contributed by atoms with Crippen LogP contribution < -0.4 is 5.32 Å². The Balaban J connectivity index is 1.49. The first-order valence-electron chi connectivity index (χ1n) is 7.43. The molecule has 1 heterocycles. The first-order chi connectivity index (χ1) is 11.2. The number of rotatable bonds is 5. The van der Waals surface area contributed by atoms with Crippen LogP contribution in [0.4, 0.5) is 4.79 Å². The summed E-state index contributed by atoms with van der Waals surface area (Å²) in [6, 6.07) is 15.7. The van der Waals surface area contributed by atoms with Gasteiger partial charge >= 0.3 is 6.09 Å². The molecular weight excluding hydrogens is 356 g/mol. The molecule has 1 amide bonds. The molecule has 4 nitrogen and oxygen atoms in total. The van der Waals surface area contributed by atoms with Crippen molar-refractivity contribution in [2.75, 3.05) is 6.54 Å². The average Bonchev–Trinajstić information content (AvgIpc) is 2.99. The van der Waals surface area contributed by atoms with E-state index in [1.165, 1.54) is 10.9 Å². The molecule has 3 aromatic rings. The molecule has 0 aliphatic heterocycles. The molecule has 2 N–H and O–H groups in total. The van der Waals surface area contributed by atoms with Crippen molar-refractivity contribution in [1.29, 1.82) is 0 Å². The summed E-state index contributed by atoms with van der Waals surface area (Å²) in [4.78, 5) is 15.0. The van der Waals surface area contributed by atoms with E-state index in [1.54, 1.807) is 0 Å². The van der Waals surface area contributed by atoms with Gasteiger partial charge in [0.1, 0.15) is 6.61 Å². The molecule has 0 bridgehead atoms. The number of nitrogens with one attached hydrogen (secondary N) is 2. The molecule has 0 saturated carbocycles. The Kier molecular flexibility index (Phi) is 4.98. The predicted octanol–water partition coefficient (Wildman–Crippen LogP) is 4.40. The highest BCUT2D eigenvalue weighted by Crippen LogP contribution is 2.25. The molecule has 0 fully saturated rings. The van der Waals surface area contributed by atoms with Gasteiger partial charge in [-0.25, -0.2) is 4.79 Å². The van der Waals surface area contributed by atoms with E-state index in [0.717, 1.165) is 22.0 Å². The lowest BCUT2D eigenvalue weighted by molar-refractivity contribution is 0.140. The number of fused-ring (bicyclic) bond motifs is 1. The van der Waals surface area contributed by atoms with Gasteiger partial charge in [0, 0.05) is 22.6 Å². The molecule has 0 aliphatic carbocycles. The van der Waals surface area contributed by atoms with Gasteiger partial charge in [0.2, 0.25) is 0 Å². The van der Waals surface area contributed by atoms with Crippen LogP contribution in [0.3, 0.4) is 0 Å². The number of carbonyl (C=O) groups is 1. The molecule has 2 aromatic carbocycles. The zero-order chi connectivity index (χ0) is 16.1. The smallest absolute Gasteiger partial charge is 0.407 e. The number of benzene rings is 2. The molecule has 23 heavy (non-hydrogen) atoms. The number of carbonyl (C=O) groups excluding carboxylic acids is 1. The first kappa shape index (κ1) is 15.6. The van der Waals surface area contributed by atoms with Crippen LogP contribution in [0.25, 0.3) is 10.9 Å². The second-order valence-corrected chi connectivity index (χ2v) is 6.07. The number of aromatic amines is 1. The number of halogens is 1. The molecule has 0 radical (unpaired) electrons. The van der Waals surface area contributed by atoms with Crippen LogP contribution in [-0.4, -0.2) is 17.6 Å². The highest BCUT2D eigenvalue weighted by Gasteiger charge is 2.07. The number of ether oxygens (including phenoxy) is 1. The number of hydrogen-bond acceptors (Lipinski definition) is 2. The summed E-state index contributed by atoms with van der Waals surface area (Å²) in [5.74, 6) is 0. The van der Waals surface area contributed by atoms with Gasteiger partial charge in [-0.15, -0.1) is 0 Å². The minimum Gasteiger partial charge on any atom is -0.445 e. The van der Waals surface area contributed by atoms with E-state index in [2.05, 4.69) is 32.3 Å². The predicted molar refractivity (Wildman–Crippen MR) is 94.3 cm³/mol. The summed E-state index contributed by atoms with van der Waals surface area (Å²) in [6.45, 7) is 0.819. The molecule has 3 rings (SSSR count). The van der Waals surface area contributed by atoms with Crippen LogP contribution >= 0.6 is 15.9 Å². The van der Waals surface area contributed by atoms with Crippen LogP contribution in [0.1, 0.15) is 11.1 Å². The van der Waals surface area contributed by atoms with Gasteiger partial charge in [0.15, 0.2) is 0 Å². The summed E-state index contributed by atoms with van der Waals surface area (Å²) in [7, 11) is 0. The Bertz CT molecular complexity index is 799. The van der Waals surface area contributed by atoms with Crippen molar-refractivity contribution in [2.45, 2.75) is 13.0 Å². The van der Waals surface area contributed by atoms with Crippen molar-refractivity contribution in [3.05, 3.63) is 70.3 Å². The molecule has 1 aromatic heterocycles. The van der Waals surface area contributed by atoms with Gasteiger partial charge in [0.05, 0.1) is 5.52 Å². The van der Waals surface area contributed by atoms with Crippen LogP contribution in [-0.2, 0) is 17.8 Å². The third-order valence-electron chi connectivity index (χ3n) is 3.63. The second kappa shape index (κ2) is 7.33. The monoisotopic (exact) mass is 372 g/mol. The lowest BCUT2D eigenvalue weighted by atomic mass is 10.1. The van der Waals surface area contributed by atoms with Crippen molar-refractivity contribution >= 4 is 32.9 Å². The maximum atomic E-state index is 11.7. The quantitative estimate of drug-likeness (QED) is 0.697. The Hall–Kier alpha value is -2.27. The van der Waals surface area contributed by atoms with E-state index < -0.39 is 6.09 Å². The maximum Gasteiger partial charge on any atom is 0.407 e. The average molecular weight is 373 g/mol. The van der Waals surface area contributed by atoms with Gasteiger partial charge < -0.3 is 15.0 Å². The SMILES string of the molecule is O=C(NCCc1c[nH]c2c(Br)cccc12)OCc1ccccc1. The fourth-order valence-electron chi connectivity index (χ4n) is 2.46. The Morgan fingerprint density at radius 1 is 1.13 bits per heavy atom. The normalized spacial score (nSPS) is 10.7. The highest BCUT2D eigenvalue weighted by atomic mass is 79.9. The lowest BCUT2D eigenvalue weighted by Gasteiger charge is -2.07. The minimum absolute atomic E-state index is 0.284. The highest BCUT2D eigenvalue weighted by molar-refractivity contribution is 9.10. The topological polar surface area (TPSA) is 54.1 Å². The summed E-state index contributed by atoms with van der Waals surface area (Å²) in [5.41, 5.74) is 3.22. The second-order valence-electron chi connectivity index (χ2n) is 5.21. The maximum absolute atomic E-state index is 11.7. The van der Waals surface area contributed by atoms with Crippen molar-refractivity contribution < 1.29 is 9.53 Å². The molecular formula is C18H17BrN2O2. The Morgan fingerprint density at radius 3 is 2.78 bits per heavy atom. The third-order valence-corrected chi connectivity index (χ3v) is 4.29. The number of H-pyrrole nitrogens is 1. The number of para-hydroxylation sites is 1. The van der Waals surface area contributed by atoms with Crippen LogP contribution in [0.5, 0.6) is 0 Å². The molecule has 0 saturated heterocycles. The van der Waals surface area contributed by atoms with Crippen molar-refractivity contribution in [1.82, 2.24) is 10.3 Å². The van der Waals surface area contributed by atoms with Crippen LogP contribution in [0, 0.1) is 0 Å². The standard InChI is InChI=1S/C18H17BrN2O2/c19-16-8-4-7-15-14(11-21-17(15)16)9-10-20-18(22)23-12-13-5-2-1-3-6-13/h1-8,11,21H,9-10,12H2,(H,20,22). The minimum atomic E-state index is -0.394. The van der Waals surface area contributed by atoms with E-state index in [1.807, 2.05) is 48.7 Å². The van der Waals surface area contributed by atoms with Gasteiger partial charge in [-0.3, -0.25) is 0 Å². The van der Waals surface area contributed by atoms with E-state index in [9.17, 15) is 4.79 Å². The Morgan fingerprint density at radius 2 is 1.96 bits per heavy atom. The molecule has 0 aliphatic rings. The first-order valence-corrected chi connectivity index (χ1v) is 8.22. The molecule has 118 valence electrons. The number of aromatic nitrogens is 1. The van der Waals surface area contributed by atoms with Gasteiger partial charge in [-0.1, -0.05) is 42.5 Å². The van der Waals surface area contributed by atoms with Crippen LogP contribution in [0.15, 0.2) is 59.2 Å². The Labute approximate surface area is 143 Å². The summed E-state index contributed by atoms with van der Waals surface area (Å²) < 4.78 is 6.23. The van der Waals surface area contributed by atoms with Crippen molar-refractivity contribution in [3.8, 4) is 0 Å². The third kappa shape index (κ3) is 3.93. The van der Waals surface area contributed by atoms with Crippen LogP contribution in [0.2, 0.25) is 0 Å². The van der Waals surface area contributed by atoms with Gasteiger partial charge in [-0.2, -0.15) is 0 Å². The van der Waals surface area contributed by atoms with E-state index in [-0.39, 0.29) is 6.61 Å². The van der Waals surface area contributed by atoms with E-state index in [0.29, 0.717) is 6.54 Å². The molecule has 0 unspecified atom stereocenters. The fraction of sp³-hybridized carbons (Fsp3) is 0.167. The number of alkyl carbamates (subject to hydrolysis) is 1. The van der Waals surface area contributed by atoms with E-state index in [4.69, 9.17) is 4.74 Å². The van der Waals surface area contributed by atoms with Gasteiger partial charge in [0.25, 0.3) is 0 Å². The van der Waals surface area contributed by atoms with Crippen molar-refractivity contribution in [3.63, 3.8) is 0 Å². The molecule has 0 atom stereocenters. The largest absolute Gasteiger partial charge is 0.445 e. The number of amides is 1. The molecule has 5 heteroatoms. The zero-order valence-electron chi connectivity index (χ0n) is 12.5.